The van der Waals surface area contributed by atoms with Crippen LogP contribution in [0.2, 0.25) is 0 Å². The largest absolute Gasteiger partial charge is 0.378 e. The van der Waals surface area contributed by atoms with E-state index in [4.69, 9.17) is 4.74 Å². The molecular formula is C19H30N6O2S. The summed E-state index contributed by atoms with van der Waals surface area (Å²) in [5.41, 5.74) is -0.665. The minimum atomic E-state index is -0.665. The molecule has 154 valence electrons. The van der Waals surface area contributed by atoms with E-state index in [9.17, 15) is 10.1 Å². The number of hydrogen-bond donors (Lipinski definition) is 0. The summed E-state index contributed by atoms with van der Waals surface area (Å²) in [6.45, 7) is 7.66. The Labute approximate surface area is 171 Å². The van der Waals surface area contributed by atoms with Crippen LogP contribution in [0.5, 0.6) is 0 Å². The van der Waals surface area contributed by atoms with Crippen LogP contribution in [0.25, 0.3) is 0 Å². The number of nitriles is 1. The molecule has 0 unspecified atom stereocenters. The lowest BCUT2D eigenvalue weighted by Crippen LogP contribution is -2.52. The van der Waals surface area contributed by atoms with Crippen LogP contribution in [0.1, 0.15) is 46.0 Å². The van der Waals surface area contributed by atoms with Crippen LogP contribution >= 0.6 is 11.8 Å². The van der Waals surface area contributed by atoms with Crippen molar-refractivity contribution in [3.8, 4) is 6.07 Å². The molecule has 1 aliphatic heterocycles. The maximum atomic E-state index is 13.1. The number of amides is 1. The Balaban J connectivity index is 1.71. The molecule has 1 amide bonds. The van der Waals surface area contributed by atoms with Gasteiger partial charge in [-0.05, 0) is 26.7 Å². The van der Waals surface area contributed by atoms with E-state index in [2.05, 4.69) is 32.7 Å². The molecule has 1 atom stereocenters. The number of ether oxygens (including phenoxy) is 1. The molecular weight excluding hydrogens is 376 g/mol. The third-order valence-corrected chi connectivity index (χ3v) is 6.87. The molecule has 1 saturated heterocycles. The SMILES string of the molecule is CCn1c(S[C@@H](C)C(=O)N(C)C2(C#N)CCCCC2)nnc1N1CCOCC1. The van der Waals surface area contributed by atoms with Crippen LogP contribution in [-0.4, -0.2) is 69.7 Å². The third-order valence-electron chi connectivity index (χ3n) is 5.80. The van der Waals surface area contributed by atoms with Crippen molar-refractivity contribution in [3.05, 3.63) is 0 Å². The van der Waals surface area contributed by atoms with Crippen molar-refractivity contribution in [2.75, 3.05) is 38.3 Å². The topological polar surface area (TPSA) is 87.3 Å². The van der Waals surface area contributed by atoms with Crippen LogP contribution in [0.3, 0.4) is 0 Å². The van der Waals surface area contributed by atoms with Crippen molar-refractivity contribution in [3.63, 3.8) is 0 Å². The molecule has 2 fully saturated rings. The maximum absolute atomic E-state index is 13.1. The van der Waals surface area contributed by atoms with E-state index in [-0.39, 0.29) is 11.2 Å². The Kier molecular flexibility index (Phi) is 6.83. The van der Waals surface area contributed by atoms with Gasteiger partial charge in [0.1, 0.15) is 5.54 Å². The fourth-order valence-electron chi connectivity index (χ4n) is 3.99. The quantitative estimate of drug-likeness (QED) is 0.670. The molecule has 3 rings (SSSR count). The molecule has 0 aromatic carbocycles. The fourth-order valence-corrected chi connectivity index (χ4v) is 4.99. The number of carbonyl (C=O) groups excluding carboxylic acids is 1. The van der Waals surface area contributed by atoms with Gasteiger partial charge in [-0.15, -0.1) is 10.2 Å². The molecule has 2 heterocycles. The molecule has 0 spiro atoms. The van der Waals surface area contributed by atoms with Gasteiger partial charge in [0.25, 0.3) is 0 Å². The molecule has 0 bridgehead atoms. The minimum Gasteiger partial charge on any atom is -0.378 e. The lowest BCUT2D eigenvalue weighted by molar-refractivity contribution is -0.133. The van der Waals surface area contributed by atoms with Gasteiger partial charge in [0.05, 0.1) is 24.5 Å². The van der Waals surface area contributed by atoms with Crippen LogP contribution < -0.4 is 4.90 Å². The first-order valence-electron chi connectivity index (χ1n) is 10.1. The zero-order valence-corrected chi connectivity index (χ0v) is 17.9. The van der Waals surface area contributed by atoms with Gasteiger partial charge in [-0.25, -0.2) is 0 Å². The van der Waals surface area contributed by atoms with Crippen molar-refractivity contribution in [2.24, 2.45) is 0 Å². The predicted octanol–water partition coefficient (Wildman–Crippen LogP) is 2.30. The molecule has 0 N–H and O–H groups in total. The standard InChI is InChI=1S/C19H30N6O2S/c1-4-25-17(24-10-12-27-13-11-24)21-22-18(25)28-15(2)16(26)23(3)19(14-20)8-6-5-7-9-19/h15H,4-13H2,1-3H3/t15-/m0/s1. The van der Waals surface area contributed by atoms with Crippen LogP contribution in [-0.2, 0) is 16.1 Å². The maximum Gasteiger partial charge on any atom is 0.236 e. The second-order valence-electron chi connectivity index (χ2n) is 7.49. The van der Waals surface area contributed by atoms with Crippen molar-refractivity contribution < 1.29 is 9.53 Å². The number of aromatic nitrogens is 3. The predicted molar refractivity (Wildman–Crippen MR) is 108 cm³/mol. The third kappa shape index (κ3) is 4.13. The molecule has 1 saturated carbocycles. The Hall–Kier alpha value is -1.79. The van der Waals surface area contributed by atoms with E-state index in [1.807, 2.05) is 6.92 Å². The highest BCUT2D eigenvalue weighted by Gasteiger charge is 2.40. The van der Waals surface area contributed by atoms with Gasteiger partial charge in [0, 0.05) is 26.7 Å². The second kappa shape index (κ2) is 9.14. The van der Waals surface area contributed by atoms with E-state index in [0.717, 1.165) is 62.8 Å². The van der Waals surface area contributed by atoms with E-state index in [1.54, 1.807) is 11.9 Å². The van der Waals surface area contributed by atoms with E-state index in [1.165, 1.54) is 11.8 Å². The van der Waals surface area contributed by atoms with Gasteiger partial charge in [-0.1, -0.05) is 31.0 Å². The summed E-state index contributed by atoms with van der Waals surface area (Å²) in [5, 5.41) is 18.9. The second-order valence-corrected chi connectivity index (χ2v) is 8.80. The van der Waals surface area contributed by atoms with Gasteiger partial charge in [-0.2, -0.15) is 5.26 Å². The smallest absolute Gasteiger partial charge is 0.236 e. The summed E-state index contributed by atoms with van der Waals surface area (Å²) in [6.07, 6.45) is 4.66. The molecule has 28 heavy (non-hydrogen) atoms. The molecule has 1 aromatic heterocycles. The number of carbonyl (C=O) groups is 1. The molecule has 8 nitrogen and oxygen atoms in total. The number of anilines is 1. The Morgan fingerprint density at radius 3 is 2.61 bits per heavy atom. The summed E-state index contributed by atoms with van der Waals surface area (Å²) in [6, 6.07) is 2.43. The van der Waals surface area contributed by atoms with E-state index in [0.29, 0.717) is 13.2 Å². The number of rotatable bonds is 6. The molecule has 9 heteroatoms. The van der Waals surface area contributed by atoms with Crippen molar-refractivity contribution in [2.45, 2.75) is 68.4 Å². The average molecular weight is 407 g/mol. The van der Waals surface area contributed by atoms with Gasteiger partial charge in [0.15, 0.2) is 5.16 Å². The van der Waals surface area contributed by atoms with E-state index < -0.39 is 5.54 Å². The Bertz CT molecular complexity index is 718. The van der Waals surface area contributed by atoms with Gasteiger partial charge < -0.3 is 14.5 Å². The Morgan fingerprint density at radius 2 is 2.00 bits per heavy atom. The van der Waals surface area contributed by atoms with Gasteiger partial charge >= 0.3 is 0 Å². The average Bonchev–Trinajstić information content (AvgIpc) is 3.16. The summed E-state index contributed by atoms with van der Waals surface area (Å²) in [5.74, 6) is 0.814. The van der Waals surface area contributed by atoms with Gasteiger partial charge in [0.2, 0.25) is 11.9 Å². The lowest BCUT2D eigenvalue weighted by atomic mass is 9.81. The normalized spacial score (nSPS) is 20.4. The van der Waals surface area contributed by atoms with E-state index >= 15 is 0 Å². The molecule has 0 radical (unpaired) electrons. The number of nitrogens with zero attached hydrogens (tertiary/aromatic N) is 6. The Morgan fingerprint density at radius 1 is 1.32 bits per heavy atom. The zero-order chi connectivity index (χ0) is 20.1. The summed E-state index contributed by atoms with van der Waals surface area (Å²) in [4.78, 5) is 16.9. The van der Waals surface area contributed by atoms with Crippen LogP contribution in [0, 0.1) is 11.3 Å². The van der Waals surface area contributed by atoms with Crippen LogP contribution in [0.4, 0.5) is 5.95 Å². The number of morpholine rings is 1. The zero-order valence-electron chi connectivity index (χ0n) is 17.1. The first-order valence-corrected chi connectivity index (χ1v) is 11.0. The van der Waals surface area contributed by atoms with Crippen molar-refractivity contribution >= 4 is 23.6 Å². The monoisotopic (exact) mass is 406 g/mol. The van der Waals surface area contributed by atoms with Crippen LogP contribution in [0.15, 0.2) is 5.16 Å². The fraction of sp³-hybridized carbons (Fsp3) is 0.789. The molecule has 1 aromatic rings. The minimum absolute atomic E-state index is 0.0213. The van der Waals surface area contributed by atoms with Crippen molar-refractivity contribution in [1.29, 1.82) is 5.26 Å². The van der Waals surface area contributed by atoms with Crippen molar-refractivity contribution in [1.82, 2.24) is 19.7 Å². The highest BCUT2D eigenvalue weighted by Crippen LogP contribution is 2.34. The summed E-state index contributed by atoms with van der Waals surface area (Å²) in [7, 11) is 1.78. The summed E-state index contributed by atoms with van der Waals surface area (Å²) < 4.78 is 7.48. The highest BCUT2D eigenvalue weighted by atomic mass is 32.2. The molecule has 1 aliphatic carbocycles. The lowest BCUT2D eigenvalue weighted by Gasteiger charge is -2.40. The molecule has 2 aliphatic rings. The summed E-state index contributed by atoms with van der Waals surface area (Å²) >= 11 is 1.42. The highest BCUT2D eigenvalue weighted by molar-refractivity contribution is 8.00. The first-order chi connectivity index (χ1) is 13.5. The number of thioether (sulfide) groups is 1. The van der Waals surface area contributed by atoms with Gasteiger partial charge in [-0.3, -0.25) is 9.36 Å². The number of hydrogen-bond acceptors (Lipinski definition) is 7. The first kappa shape index (κ1) is 20.9.